The van der Waals surface area contributed by atoms with Crippen LogP contribution in [0.15, 0.2) is 0 Å². The minimum Gasteiger partial charge on any atom is -0.743 e. The molecule has 0 amide bonds. The topological polar surface area (TPSA) is 91.3 Å². The van der Waals surface area contributed by atoms with E-state index in [0.29, 0.717) is 0 Å². The molecule has 0 radical (unpaired) electrons. The zero-order valence-corrected chi connectivity index (χ0v) is 10.5. The molecule has 0 spiro atoms. The third-order valence-corrected chi connectivity index (χ3v) is 3.98. The average molecular weight is 359 g/mol. The van der Waals surface area contributed by atoms with Crippen LogP contribution in [-0.2, 0) is 20.0 Å². The van der Waals surface area contributed by atoms with Gasteiger partial charge in [-0.2, -0.15) is 35.1 Å². The molecule has 0 rings (SSSR count). The Hall–Kier alpha value is -0.700. The maximum Gasteiger partial charge on any atom is 0.413 e. The molecule has 0 aromatic rings. The second kappa shape index (κ2) is 4.40. The van der Waals surface area contributed by atoms with Gasteiger partial charge in [0.25, 0.3) is 0 Å². The monoisotopic (exact) mass is 359 g/mol. The molecule has 20 heavy (non-hydrogen) atoms. The first-order chi connectivity index (χ1) is 8.25. The summed E-state index contributed by atoms with van der Waals surface area (Å²) in [5.74, 6) is -14.8. The van der Waals surface area contributed by atoms with E-state index in [1.54, 1.807) is 0 Å². The molecule has 122 valence electrons. The number of alkyl halides is 8. The first-order valence-electron chi connectivity index (χ1n) is 3.91. The van der Waals surface area contributed by atoms with Crippen LogP contribution in [0.1, 0.15) is 0 Å². The van der Waals surface area contributed by atoms with Gasteiger partial charge in [-0.15, -0.1) is 0 Å². The van der Waals surface area contributed by atoms with Crippen molar-refractivity contribution >= 4 is 20.0 Å². The van der Waals surface area contributed by atoms with Gasteiger partial charge in [-0.1, -0.05) is 0 Å². The largest absolute Gasteiger partial charge is 0.743 e. The minimum absolute atomic E-state index is 0.680. The molecule has 0 N–H and O–H groups in total. The molecule has 0 unspecified atom stereocenters. The molecular weight excluding hydrogens is 356 g/mol. The third-order valence-electron chi connectivity index (χ3n) is 1.91. The number of hydrogen-bond donors (Lipinski definition) is 0. The first kappa shape index (κ1) is 19.3. The van der Waals surface area contributed by atoms with Crippen molar-refractivity contribution in [2.24, 2.45) is 0 Å². The highest BCUT2D eigenvalue weighted by Gasteiger charge is 2.85. The van der Waals surface area contributed by atoms with Crippen molar-refractivity contribution in [2.75, 3.05) is 6.26 Å². The molecule has 0 aliphatic carbocycles. The van der Waals surface area contributed by atoms with E-state index in [0.717, 1.165) is 0 Å². The fraction of sp³-hybridized carbons (Fsp3) is 1.00. The van der Waals surface area contributed by atoms with Crippen LogP contribution in [-0.4, -0.2) is 50.0 Å². The summed E-state index contributed by atoms with van der Waals surface area (Å²) in [6, 6.07) is 0. The summed E-state index contributed by atoms with van der Waals surface area (Å²) in [6.07, 6.45) is -0.680. The zero-order valence-electron chi connectivity index (χ0n) is 8.88. The fourth-order valence-corrected chi connectivity index (χ4v) is 1.79. The Kier molecular flexibility index (Phi) is 4.24. The fourth-order valence-electron chi connectivity index (χ4n) is 0.755. The van der Waals surface area contributed by atoms with E-state index in [4.69, 9.17) is 0 Å². The molecule has 0 atom stereocenters. The maximum atomic E-state index is 12.7. The van der Waals surface area contributed by atoms with E-state index in [1.165, 1.54) is 0 Å². The molecule has 0 aromatic carbocycles. The average Bonchev–Trinajstić information content (AvgIpc) is 2.12. The van der Waals surface area contributed by atoms with E-state index >= 15 is 0 Å². The summed E-state index contributed by atoms with van der Waals surface area (Å²) >= 11 is 0. The zero-order chi connectivity index (χ0) is 17.0. The molecular formula is C5H3F8O5S2-. The number of hydrogen-bond acceptors (Lipinski definition) is 5. The highest BCUT2D eigenvalue weighted by molar-refractivity contribution is 7.91. The van der Waals surface area contributed by atoms with Crippen molar-refractivity contribution in [3.05, 3.63) is 0 Å². The van der Waals surface area contributed by atoms with Gasteiger partial charge in [-0.25, -0.2) is 16.8 Å². The number of sulfone groups is 1. The summed E-state index contributed by atoms with van der Waals surface area (Å²) in [5.41, 5.74) is 0. The Morgan fingerprint density at radius 3 is 1.15 bits per heavy atom. The van der Waals surface area contributed by atoms with E-state index in [2.05, 4.69) is 0 Å². The maximum absolute atomic E-state index is 12.7. The standard InChI is InChI=1S/C5H4F8O5S2/c1-19(14,15)4(10,11)2(6,7)3(8,9)5(12,13)20(16,17)18/h1H3,(H,16,17,18)/p-1. The van der Waals surface area contributed by atoms with E-state index in [-0.39, 0.29) is 0 Å². The Balaban J connectivity index is 6.37. The Labute approximate surface area is 106 Å². The van der Waals surface area contributed by atoms with E-state index < -0.39 is 48.6 Å². The van der Waals surface area contributed by atoms with Gasteiger partial charge >= 0.3 is 22.4 Å². The molecule has 0 fully saturated rings. The van der Waals surface area contributed by atoms with Gasteiger partial charge in [-0.05, 0) is 0 Å². The van der Waals surface area contributed by atoms with Gasteiger partial charge in [0.2, 0.25) is 9.84 Å². The summed E-state index contributed by atoms with van der Waals surface area (Å²) in [5, 5.41) is -13.9. The van der Waals surface area contributed by atoms with E-state index in [1.807, 2.05) is 0 Å². The van der Waals surface area contributed by atoms with Crippen molar-refractivity contribution in [1.29, 1.82) is 0 Å². The quantitative estimate of drug-likeness (QED) is 0.540. The lowest BCUT2D eigenvalue weighted by Gasteiger charge is -2.36. The minimum atomic E-state index is -7.49. The van der Waals surface area contributed by atoms with Crippen molar-refractivity contribution in [3.63, 3.8) is 0 Å². The Morgan fingerprint density at radius 2 is 0.950 bits per heavy atom. The van der Waals surface area contributed by atoms with Crippen molar-refractivity contribution in [1.82, 2.24) is 0 Å². The van der Waals surface area contributed by atoms with Gasteiger partial charge in [-0.3, -0.25) is 0 Å². The van der Waals surface area contributed by atoms with Crippen molar-refractivity contribution in [2.45, 2.75) is 22.4 Å². The molecule has 0 aliphatic heterocycles. The van der Waals surface area contributed by atoms with Crippen LogP contribution < -0.4 is 0 Å². The molecule has 0 saturated heterocycles. The lowest BCUT2D eigenvalue weighted by Crippen LogP contribution is -2.66. The van der Waals surface area contributed by atoms with Crippen LogP contribution in [0, 0.1) is 0 Å². The smallest absolute Gasteiger partial charge is 0.413 e. The molecule has 0 saturated carbocycles. The van der Waals surface area contributed by atoms with Gasteiger partial charge in [0.15, 0.2) is 10.1 Å². The second-order valence-corrected chi connectivity index (χ2v) is 6.89. The summed E-state index contributed by atoms with van der Waals surface area (Å²) in [6.45, 7) is 0. The highest BCUT2D eigenvalue weighted by atomic mass is 32.2. The van der Waals surface area contributed by atoms with Crippen molar-refractivity contribution in [3.8, 4) is 0 Å². The third kappa shape index (κ3) is 2.34. The van der Waals surface area contributed by atoms with Gasteiger partial charge in [0.1, 0.15) is 0 Å². The van der Waals surface area contributed by atoms with Crippen LogP contribution in [0.25, 0.3) is 0 Å². The molecule has 0 heterocycles. The van der Waals surface area contributed by atoms with Crippen LogP contribution in [0.2, 0.25) is 0 Å². The normalized spacial score (nSPS) is 16.3. The summed E-state index contributed by atoms with van der Waals surface area (Å²) in [4.78, 5) is 0. The van der Waals surface area contributed by atoms with Crippen LogP contribution >= 0.6 is 0 Å². The van der Waals surface area contributed by atoms with Crippen LogP contribution in [0.3, 0.4) is 0 Å². The van der Waals surface area contributed by atoms with Gasteiger partial charge < -0.3 is 4.55 Å². The summed E-state index contributed by atoms with van der Waals surface area (Å²) < 4.78 is 151. The first-order valence-corrected chi connectivity index (χ1v) is 7.21. The molecule has 15 heteroatoms. The molecule has 0 aliphatic rings. The van der Waals surface area contributed by atoms with Gasteiger partial charge in [0.05, 0.1) is 0 Å². The van der Waals surface area contributed by atoms with Crippen LogP contribution in [0.5, 0.6) is 0 Å². The Morgan fingerprint density at radius 1 is 0.700 bits per heavy atom. The molecule has 0 aromatic heterocycles. The SMILES string of the molecule is CS(=O)(=O)C(F)(F)C(F)(F)C(F)(F)C(F)(F)S(=O)(=O)[O-]. The van der Waals surface area contributed by atoms with Crippen molar-refractivity contribution < 1.29 is 56.5 Å². The molecule has 5 nitrogen and oxygen atoms in total. The number of rotatable bonds is 5. The predicted octanol–water partition coefficient (Wildman–Crippen LogP) is 1.03. The lowest BCUT2D eigenvalue weighted by molar-refractivity contribution is -0.326. The lowest BCUT2D eigenvalue weighted by atomic mass is 10.2. The second-order valence-electron chi connectivity index (χ2n) is 3.41. The van der Waals surface area contributed by atoms with Gasteiger partial charge in [0, 0.05) is 6.26 Å². The highest BCUT2D eigenvalue weighted by Crippen LogP contribution is 2.55. The summed E-state index contributed by atoms with van der Waals surface area (Å²) in [7, 11) is -13.8. The number of halogens is 8. The molecule has 0 bridgehead atoms. The Bertz CT molecular complexity index is 537. The van der Waals surface area contributed by atoms with Crippen LogP contribution in [0.4, 0.5) is 35.1 Å². The predicted molar refractivity (Wildman–Crippen MR) is 44.3 cm³/mol. The van der Waals surface area contributed by atoms with E-state index in [9.17, 15) is 56.5 Å².